The van der Waals surface area contributed by atoms with Crippen molar-refractivity contribution in [2.24, 2.45) is 17.8 Å². The van der Waals surface area contributed by atoms with Crippen molar-refractivity contribution in [2.45, 2.75) is 55.9 Å². The first-order valence-electron chi connectivity index (χ1n) is 8.46. The summed E-state index contributed by atoms with van der Waals surface area (Å²) in [6.07, 6.45) is -1.85. The van der Waals surface area contributed by atoms with Crippen molar-refractivity contribution in [3.05, 3.63) is 0 Å². The van der Waals surface area contributed by atoms with Gasteiger partial charge in [-0.15, -0.1) is 0 Å². The number of hydrogen-bond acceptors (Lipinski definition) is 7. The fraction of sp³-hybridized carbons (Fsp3) is 1.00. The van der Waals surface area contributed by atoms with Crippen molar-refractivity contribution in [3.8, 4) is 0 Å². The number of fused-ring (bicyclic) bond motifs is 1. The molecule has 2 saturated carbocycles. The number of rotatable bonds is 5. The van der Waals surface area contributed by atoms with Gasteiger partial charge in [-0.3, -0.25) is 0 Å². The Hall–Kier alpha value is -0.280. The lowest BCUT2D eigenvalue weighted by molar-refractivity contribution is -0.160. The Balaban J connectivity index is 1.80. The van der Waals surface area contributed by atoms with Crippen molar-refractivity contribution < 1.29 is 29.9 Å². The maximum absolute atomic E-state index is 10.6. The number of ether oxygens (including phenoxy) is 2. The third-order valence-electron chi connectivity index (χ3n) is 6.39. The molecule has 134 valence electrons. The second kappa shape index (κ2) is 5.91. The van der Waals surface area contributed by atoms with Gasteiger partial charge in [-0.1, -0.05) is 6.92 Å². The van der Waals surface area contributed by atoms with Gasteiger partial charge in [0.25, 0.3) is 0 Å². The molecule has 1 aliphatic heterocycles. The van der Waals surface area contributed by atoms with Gasteiger partial charge in [0.15, 0.2) is 11.2 Å². The second-order valence-electron chi connectivity index (χ2n) is 7.48. The molecular weight excluding hydrogens is 302 g/mol. The maximum atomic E-state index is 10.6. The average molecular weight is 331 g/mol. The highest BCUT2D eigenvalue weighted by Gasteiger charge is 2.85. The average Bonchev–Trinajstić information content (AvgIpc) is 2.86. The van der Waals surface area contributed by atoms with Crippen LogP contribution in [-0.2, 0) is 9.47 Å². The van der Waals surface area contributed by atoms with E-state index in [1.807, 2.05) is 14.0 Å². The SMILES string of the molecule is CNCC1C(O[C@@]23CO[C@@H](C)[C@]2(O)C3O)C[C@@H](CO)[C@H](C)[C@H]1O. The predicted octanol–water partition coefficient (Wildman–Crippen LogP) is -1.52. The summed E-state index contributed by atoms with van der Waals surface area (Å²) in [6, 6.07) is 0. The van der Waals surface area contributed by atoms with Gasteiger partial charge in [0.2, 0.25) is 0 Å². The quantitative estimate of drug-likeness (QED) is 0.416. The monoisotopic (exact) mass is 331 g/mol. The van der Waals surface area contributed by atoms with E-state index >= 15 is 0 Å². The molecular formula is C16H29NO6. The second-order valence-corrected chi connectivity index (χ2v) is 7.48. The van der Waals surface area contributed by atoms with Crippen LogP contribution in [0.25, 0.3) is 0 Å². The number of aliphatic hydroxyl groups excluding tert-OH is 3. The van der Waals surface area contributed by atoms with Crippen LogP contribution in [0.2, 0.25) is 0 Å². The fourth-order valence-electron chi connectivity index (χ4n) is 4.54. The van der Waals surface area contributed by atoms with Gasteiger partial charge >= 0.3 is 0 Å². The molecule has 0 spiro atoms. The van der Waals surface area contributed by atoms with Crippen LogP contribution in [0.4, 0.5) is 0 Å². The summed E-state index contributed by atoms with van der Waals surface area (Å²) in [6.45, 7) is 4.35. The lowest BCUT2D eigenvalue weighted by Crippen LogP contribution is -2.53. The predicted molar refractivity (Wildman–Crippen MR) is 81.8 cm³/mol. The molecule has 1 heterocycles. The van der Waals surface area contributed by atoms with Gasteiger partial charge < -0.3 is 35.2 Å². The molecule has 23 heavy (non-hydrogen) atoms. The Morgan fingerprint density at radius 3 is 2.52 bits per heavy atom. The van der Waals surface area contributed by atoms with E-state index in [0.717, 1.165) is 0 Å². The summed E-state index contributed by atoms with van der Waals surface area (Å²) < 4.78 is 11.6. The van der Waals surface area contributed by atoms with E-state index in [1.165, 1.54) is 0 Å². The maximum Gasteiger partial charge on any atom is 0.154 e. The van der Waals surface area contributed by atoms with E-state index in [4.69, 9.17) is 9.47 Å². The first-order valence-corrected chi connectivity index (χ1v) is 8.46. The largest absolute Gasteiger partial charge is 0.396 e. The van der Waals surface area contributed by atoms with Gasteiger partial charge in [-0.05, 0) is 32.2 Å². The molecule has 3 unspecified atom stereocenters. The Morgan fingerprint density at radius 1 is 1.30 bits per heavy atom. The van der Waals surface area contributed by atoms with Gasteiger partial charge in [-0.2, -0.15) is 0 Å². The summed E-state index contributed by atoms with van der Waals surface area (Å²) in [7, 11) is 1.81. The molecule has 0 aromatic carbocycles. The van der Waals surface area contributed by atoms with Crippen molar-refractivity contribution in [1.82, 2.24) is 5.32 Å². The standard InChI is InChI=1S/C16H29NO6/c1-8-10(6-18)4-12(11(5-17-3)13(8)19)23-15-7-22-9(2)16(15,21)14(15)20/h8-14,17-21H,4-7H2,1-3H3/t8-,9-,10-,11?,12?,13+,14?,15+,16-/m0/s1. The number of hydrogen-bond donors (Lipinski definition) is 5. The van der Waals surface area contributed by atoms with Crippen LogP contribution in [0.5, 0.6) is 0 Å². The molecule has 3 aliphatic rings. The first-order chi connectivity index (χ1) is 10.8. The minimum absolute atomic E-state index is 0.0168. The Kier molecular flexibility index (Phi) is 4.51. The fourth-order valence-corrected chi connectivity index (χ4v) is 4.54. The van der Waals surface area contributed by atoms with Crippen molar-refractivity contribution in [1.29, 1.82) is 0 Å². The molecule has 0 radical (unpaired) electrons. The molecule has 2 aliphatic carbocycles. The molecule has 0 aromatic rings. The van der Waals surface area contributed by atoms with Gasteiger partial charge in [0.1, 0.15) is 6.10 Å². The highest BCUT2D eigenvalue weighted by molar-refractivity contribution is 5.34. The van der Waals surface area contributed by atoms with Crippen LogP contribution in [-0.4, -0.2) is 82.9 Å². The number of aliphatic hydroxyl groups is 4. The molecule has 1 saturated heterocycles. The van der Waals surface area contributed by atoms with Crippen molar-refractivity contribution >= 4 is 0 Å². The third-order valence-corrected chi connectivity index (χ3v) is 6.39. The molecule has 9 atom stereocenters. The van der Waals surface area contributed by atoms with E-state index in [2.05, 4.69) is 5.32 Å². The molecule has 7 heteroatoms. The van der Waals surface area contributed by atoms with Gasteiger partial charge in [0.05, 0.1) is 24.9 Å². The zero-order valence-electron chi connectivity index (χ0n) is 14.0. The summed E-state index contributed by atoms with van der Waals surface area (Å²) in [5, 5.41) is 44.1. The smallest absolute Gasteiger partial charge is 0.154 e. The minimum atomic E-state index is -1.38. The van der Waals surface area contributed by atoms with Crippen LogP contribution in [0.3, 0.4) is 0 Å². The Labute approximate surface area is 136 Å². The highest BCUT2D eigenvalue weighted by Crippen LogP contribution is 2.60. The molecule has 3 rings (SSSR count). The summed E-state index contributed by atoms with van der Waals surface area (Å²) >= 11 is 0. The van der Waals surface area contributed by atoms with Gasteiger partial charge in [0, 0.05) is 19.1 Å². The van der Waals surface area contributed by atoms with Gasteiger partial charge in [-0.25, -0.2) is 0 Å². The van der Waals surface area contributed by atoms with E-state index in [-0.39, 0.29) is 37.1 Å². The zero-order chi connectivity index (χ0) is 17.0. The van der Waals surface area contributed by atoms with E-state index in [9.17, 15) is 20.4 Å². The topological polar surface area (TPSA) is 111 Å². The first kappa shape index (κ1) is 17.5. The van der Waals surface area contributed by atoms with Crippen LogP contribution < -0.4 is 5.32 Å². The van der Waals surface area contributed by atoms with Crippen LogP contribution in [0.1, 0.15) is 20.3 Å². The molecule has 3 fully saturated rings. The van der Waals surface area contributed by atoms with E-state index in [0.29, 0.717) is 13.0 Å². The van der Waals surface area contributed by atoms with Crippen LogP contribution in [0.15, 0.2) is 0 Å². The molecule has 0 aromatic heterocycles. The zero-order valence-corrected chi connectivity index (χ0v) is 14.0. The minimum Gasteiger partial charge on any atom is -0.396 e. The van der Waals surface area contributed by atoms with Crippen LogP contribution in [0, 0.1) is 17.8 Å². The third kappa shape index (κ3) is 2.29. The lowest BCUT2D eigenvalue weighted by atomic mass is 9.71. The van der Waals surface area contributed by atoms with Crippen molar-refractivity contribution in [3.63, 3.8) is 0 Å². The number of nitrogens with one attached hydrogen (secondary N) is 1. The van der Waals surface area contributed by atoms with Crippen LogP contribution >= 0.6 is 0 Å². The Morgan fingerprint density at radius 2 is 2.00 bits per heavy atom. The molecule has 7 nitrogen and oxygen atoms in total. The van der Waals surface area contributed by atoms with E-state index < -0.39 is 29.5 Å². The normalized spacial score (nSPS) is 55.7. The lowest BCUT2D eigenvalue weighted by Gasteiger charge is -2.44. The van der Waals surface area contributed by atoms with E-state index in [1.54, 1.807) is 6.92 Å². The molecule has 0 bridgehead atoms. The van der Waals surface area contributed by atoms with Crippen molar-refractivity contribution in [2.75, 3.05) is 26.8 Å². The summed E-state index contributed by atoms with van der Waals surface area (Å²) in [5.41, 5.74) is -2.48. The highest BCUT2D eigenvalue weighted by atomic mass is 16.6. The summed E-state index contributed by atoms with van der Waals surface area (Å²) in [4.78, 5) is 0. The summed E-state index contributed by atoms with van der Waals surface area (Å²) in [5.74, 6) is -0.263. The Bertz CT molecular complexity index is 450. The molecule has 5 N–H and O–H groups in total. The molecule has 0 amide bonds.